The Morgan fingerprint density at radius 1 is 1.00 bits per heavy atom. The van der Waals surface area contributed by atoms with Gasteiger partial charge in [-0.25, -0.2) is 12.8 Å². The summed E-state index contributed by atoms with van der Waals surface area (Å²) in [6.45, 7) is 1.82. The number of anilines is 1. The van der Waals surface area contributed by atoms with E-state index in [1.54, 1.807) is 19.2 Å². The predicted molar refractivity (Wildman–Crippen MR) is 113 cm³/mol. The minimum absolute atomic E-state index is 0.143. The van der Waals surface area contributed by atoms with Crippen molar-refractivity contribution in [3.8, 4) is 5.75 Å². The molecule has 1 amide bonds. The van der Waals surface area contributed by atoms with Crippen LogP contribution in [-0.2, 0) is 10.0 Å². The molecule has 8 heteroatoms. The predicted octanol–water partition coefficient (Wildman–Crippen LogP) is 4.13. The van der Waals surface area contributed by atoms with Gasteiger partial charge >= 0.3 is 0 Å². The number of methoxy groups -OCH3 is 1. The Balaban J connectivity index is 1.76. The summed E-state index contributed by atoms with van der Waals surface area (Å²) in [4.78, 5) is 12.5. The molecule has 0 spiro atoms. The zero-order valence-electron chi connectivity index (χ0n) is 16.4. The first kappa shape index (κ1) is 21.3. The summed E-state index contributed by atoms with van der Waals surface area (Å²) in [6.07, 6.45) is 0. The van der Waals surface area contributed by atoms with Crippen LogP contribution in [0.4, 0.5) is 10.1 Å². The Hall–Kier alpha value is -3.39. The van der Waals surface area contributed by atoms with Crippen molar-refractivity contribution in [3.05, 3.63) is 89.7 Å². The number of benzene rings is 3. The Morgan fingerprint density at radius 2 is 1.70 bits per heavy atom. The van der Waals surface area contributed by atoms with E-state index in [4.69, 9.17) is 4.74 Å². The first-order chi connectivity index (χ1) is 14.3. The lowest BCUT2D eigenvalue weighted by Crippen LogP contribution is -2.27. The van der Waals surface area contributed by atoms with Gasteiger partial charge in [-0.05, 0) is 55.0 Å². The van der Waals surface area contributed by atoms with Gasteiger partial charge in [-0.3, -0.25) is 9.52 Å². The van der Waals surface area contributed by atoms with Crippen molar-refractivity contribution in [1.29, 1.82) is 0 Å². The molecule has 3 aromatic rings. The van der Waals surface area contributed by atoms with Crippen LogP contribution in [0.5, 0.6) is 5.75 Å². The summed E-state index contributed by atoms with van der Waals surface area (Å²) in [5, 5.41) is 2.83. The van der Waals surface area contributed by atoms with Gasteiger partial charge in [-0.1, -0.05) is 30.3 Å². The normalized spacial score (nSPS) is 12.1. The van der Waals surface area contributed by atoms with Crippen molar-refractivity contribution in [3.63, 3.8) is 0 Å². The first-order valence-electron chi connectivity index (χ1n) is 9.12. The summed E-state index contributed by atoms with van der Waals surface area (Å²) < 4.78 is 46.3. The summed E-state index contributed by atoms with van der Waals surface area (Å²) in [5.41, 5.74) is 0.876. The van der Waals surface area contributed by atoms with Crippen molar-refractivity contribution in [2.75, 3.05) is 11.8 Å². The molecule has 3 rings (SSSR count). The average molecular weight is 428 g/mol. The molecule has 1 atom stereocenters. The van der Waals surface area contributed by atoms with Gasteiger partial charge in [0.2, 0.25) is 0 Å². The van der Waals surface area contributed by atoms with Gasteiger partial charge in [-0.2, -0.15) is 0 Å². The van der Waals surface area contributed by atoms with Crippen LogP contribution in [0.3, 0.4) is 0 Å². The van der Waals surface area contributed by atoms with E-state index in [9.17, 15) is 17.6 Å². The number of para-hydroxylation sites is 1. The second-order valence-corrected chi connectivity index (χ2v) is 8.26. The van der Waals surface area contributed by atoms with E-state index < -0.39 is 21.7 Å². The van der Waals surface area contributed by atoms with E-state index in [-0.39, 0.29) is 22.2 Å². The molecule has 0 saturated heterocycles. The minimum atomic E-state index is -4.06. The fourth-order valence-electron chi connectivity index (χ4n) is 2.81. The van der Waals surface area contributed by atoms with Gasteiger partial charge in [0, 0.05) is 5.56 Å². The van der Waals surface area contributed by atoms with Gasteiger partial charge in [-0.15, -0.1) is 0 Å². The van der Waals surface area contributed by atoms with Crippen molar-refractivity contribution < 1.29 is 22.3 Å². The van der Waals surface area contributed by atoms with Gasteiger partial charge < -0.3 is 10.1 Å². The van der Waals surface area contributed by atoms with E-state index >= 15 is 0 Å². The fourth-order valence-corrected chi connectivity index (χ4v) is 3.92. The number of amides is 1. The summed E-state index contributed by atoms with van der Waals surface area (Å²) >= 11 is 0. The quantitative estimate of drug-likeness (QED) is 0.593. The van der Waals surface area contributed by atoms with Gasteiger partial charge in [0.15, 0.2) is 0 Å². The smallest absolute Gasteiger partial charge is 0.262 e. The molecular formula is C22H21FN2O4S. The molecule has 0 aliphatic heterocycles. The minimum Gasteiger partial charge on any atom is -0.497 e. The Bertz CT molecular complexity index is 1150. The summed E-state index contributed by atoms with van der Waals surface area (Å²) in [5.74, 6) is -0.415. The molecule has 0 saturated carbocycles. The SMILES string of the molecule is COc1ccc([C@H](C)NC(=O)c2cccc(S(=O)(=O)Nc3ccccc3F)c2)cc1. The highest BCUT2D eigenvalue weighted by Crippen LogP contribution is 2.21. The second kappa shape index (κ2) is 8.96. The molecule has 0 unspecified atom stereocenters. The number of rotatable bonds is 7. The standard InChI is InChI=1S/C22H21FN2O4S/c1-15(16-10-12-18(29-2)13-11-16)24-22(26)17-6-5-7-19(14-17)30(27,28)25-21-9-4-3-8-20(21)23/h3-15,25H,1-2H3,(H,24,26)/t15-/m0/s1. The topological polar surface area (TPSA) is 84.5 Å². The van der Waals surface area contributed by atoms with Crippen LogP contribution in [0.2, 0.25) is 0 Å². The fraction of sp³-hybridized carbons (Fsp3) is 0.136. The largest absolute Gasteiger partial charge is 0.497 e. The number of carbonyl (C=O) groups excluding carboxylic acids is 1. The van der Waals surface area contributed by atoms with Crippen LogP contribution in [0.25, 0.3) is 0 Å². The van der Waals surface area contributed by atoms with E-state index in [2.05, 4.69) is 10.0 Å². The summed E-state index contributed by atoms with van der Waals surface area (Å²) in [7, 11) is -2.49. The molecule has 0 radical (unpaired) electrons. The van der Waals surface area contributed by atoms with Crippen LogP contribution in [0, 0.1) is 5.82 Å². The van der Waals surface area contributed by atoms with Crippen LogP contribution >= 0.6 is 0 Å². The summed E-state index contributed by atoms with van der Waals surface area (Å²) in [6, 6.07) is 18.0. The molecule has 3 aromatic carbocycles. The van der Waals surface area contributed by atoms with Gasteiger partial charge in [0.05, 0.1) is 23.7 Å². The molecule has 30 heavy (non-hydrogen) atoms. The van der Waals surface area contributed by atoms with Crippen molar-refractivity contribution in [2.45, 2.75) is 17.9 Å². The molecule has 2 N–H and O–H groups in total. The lowest BCUT2D eigenvalue weighted by atomic mass is 10.1. The molecule has 0 bridgehead atoms. The highest BCUT2D eigenvalue weighted by atomic mass is 32.2. The Morgan fingerprint density at radius 3 is 2.37 bits per heavy atom. The molecule has 0 heterocycles. The third kappa shape index (κ3) is 4.96. The van der Waals surface area contributed by atoms with Crippen molar-refractivity contribution >= 4 is 21.6 Å². The van der Waals surface area contributed by atoms with Crippen molar-refractivity contribution in [2.24, 2.45) is 0 Å². The van der Waals surface area contributed by atoms with Crippen molar-refractivity contribution in [1.82, 2.24) is 5.32 Å². The average Bonchev–Trinajstić information content (AvgIpc) is 2.75. The van der Waals surface area contributed by atoms with E-state index in [1.165, 1.54) is 42.5 Å². The molecule has 0 aliphatic carbocycles. The van der Waals surface area contributed by atoms with Crippen LogP contribution in [0.1, 0.15) is 28.9 Å². The zero-order chi connectivity index (χ0) is 21.7. The Kier molecular flexibility index (Phi) is 6.37. The molecule has 6 nitrogen and oxygen atoms in total. The van der Waals surface area contributed by atoms with Crippen LogP contribution < -0.4 is 14.8 Å². The third-order valence-electron chi connectivity index (χ3n) is 4.49. The first-order valence-corrected chi connectivity index (χ1v) is 10.6. The number of hydrogen-bond acceptors (Lipinski definition) is 4. The third-order valence-corrected chi connectivity index (χ3v) is 5.85. The molecule has 0 aromatic heterocycles. The van der Waals surface area contributed by atoms with Crippen LogP contribution in [0.15, 0.2) is 77.7 Å². The van der Waals surface area contributed by atoms with E-state index in [0.29, 0.717) is 5.75 Å². The van der Waals surface area contributed by atoms with Crippen LogP contribution in [-0.4, -0.2) is 21.4 Å². The molecule has 0 fully saturated rings. The monoisotopic (exact) mass is 428 g/mol. The van der Waals surface area contributed by atoms with E-state index in [0.717, 1.165) is 11.6 Å². The maximum absolute atomic E-state index is 13.8. The van der Waals surface area contributed by atoms with Gasteiger partial charge in [0.1, 0.15) is 11.6 Å². The number of hydrogen-bond donors (Lipinski definition) is 2. The molecule has 0 aliphatic rings. The number of carbonyl (C=O) groups is 1. The highest BCUT2D eigenvalue weighted by molar-refractivity contribution is 7.92. The maximum atomic E-state index is 13.8. The highest BCUT2D eigenvalue weighted by Gasteiger charge is 2.19. The molecule has 156 valence electrons. The van der Waals surface area contributed by atoms with E-state index in [1.807, 2.05) is 19.1 Å². The maximum Gasteiger partial charge on any atom is 0.262 e. The number of nitrogens with one attached hydrogen (secondary N) is 2. The zero-order valence-corrected chi connectivity index (χ0v) is 17.2. The van der Waals surface area contributed by atoms with Gasteiger partial charge in [0.25, 0.3) is 15.9 Å². The Labute approximate surface area is 174 Å². The number of sulfonamides is 1. The lowest BCUT2D eigenvalue weighted by Gasteiger charge is -2.15. The lowest BCUT2D eigenvalue weighted by molar-refractivity contribution is 0.0939. The number of ether oxygens (including phenoxy) is 1. The number of halogens is 1. The molecular weight excluding hydrogens is 407 g/mol. The second-order valence-electron chi connectivity index (χ2n) is 6.58.